The Morgan fingerprint density at radius 3 is 2.17 bits per heavy atom. The molecule has 0 heterocycles. The van der Waals surface area contributed by atoms with Crippen LogP contribution in [0.5, 0.6) is 0 Å². The molecular weight excluding hydrogens is 287 g/mol. The minimum Gasteiger partial charge on any atom is -0.388 e. The molecule has 0 aliphatic carbocycles. The van der Waals surface area contributed by atoms with E-state index in [-0.39, 0.29) is 5.82 Å². The van der Waals surface area contributed by atoms with Gasteiger partial charge in [-0.25, -0.2) is 4.39 Å². The normalized spacial score (nSPS) is 11.0. The van der Waals surface area contributed by atoms with Crippen LogP contribution in [0.25, 0.3) is 0 Å². The SMILES string of the molecule is CCCN(CCCc1ccc(F)cc1)Cc1ccc(NC)cc1. The lowest BCUT2D eigenvalue weighted by Gasteiger charge is -2.22. The Morgan fingerprint density at radius 2 is 1.57 bits per heavy atom. The quantitative estimate of drug-likeness (QED) is 0.721. The highest BCUT2D eigenvalue weighted by molar-refractivity contribution is 5.43. The molecule has 2 rings (SSSR count). The molecule has 0 aliphatic heterocycles. The van der Waals surface area contributed by atoms with Crippen molar-refractivity contribution < 1.29 is 4.39 Å². The molecular formula is C20H27FN2. The van der Waals surface area contributed by atoms with Crippen LogP contribution in [-0.2, 0) is 13.0 Å². The van der Waals surface area contributed by atoms with Crippen LogP contribution in [-0.4, -0.2) is 25.0 Å². The highest BCUT2D eigenvalue weighted by Gasteiger charge is 2.05. The molecule has 1 N–H and O–H groups in total. The summed E-state index contributed by atoms with van der Waals surface area (Å²) in [4.78, 5) is 2.50. The van der Waals surface area contributed by atoms with Crippen LogP contribution in [0.15, 0.2) is 48.5 Å². The molecule has 0 amide bonds. The van der Waals surface area contributed by atoms with E-state index in [1.54, 1.807) is 12.1 Å². The number of anilines is 1. The number of benzene rings is 2. The van der Waals surface area contributed by atoms with Crippen LogP contribution < -0.4 is 5.32 Å². The van der Waals surface area contributed by atoms with Gasteiger partial charge in [-0.2, -0.15) is 0 Å². The van der Waals surface area contributed by atoms with Crippen molar-refractivity contribution in [3.63, 3.8) is 0 Å². The highest BCUT2D eigenvalue weighted by atomic mass is 19.1. The van der Waals surface area contributed by atoms with E-state index in [1.807, 2.05) is 19.2 Å². The van der Waals surface area contributed by atoms with Gasteiger partial charge in [-0.05, 0) is 67.7 Å². The third kappa shape index (κ3) is 6.03. The maximum absolute atomic E-state index is 12.9. The van der Waals surface area contributed by atoms with E-state index in [4.69, 9.17) is 0 Å². The van der Waals surface area contributed by atoms with E-state index in [1.165, 1.54) is 11.1 Å². The summed E-state index contributed by atoms with van der Waals surface area (Å²) in [5.41, 5.74) is 3.70. The number of aryl methyl sites for hydroxylation is 1. The zero-order chi connectivity index (χ0) is 16.5. The van der Waals surface area contributed by atoms with Gasteiger partial charge < -0.3 is 5.32 Å². The van der Waals surface area contributed by atoms with Crippen LogP contribution in [0.4, 0.5) is 10.1 Å². The van der Waals surface area contributed by atoms with Crippen molar-refractivity contribution in [3.8, 4) is 0 Å². The first kappa shape index (κ1) is 17.5. The zero-order valence-corrected chi connectivity index (χ0v) is 14.2. The number of rotatable bonds is 9. The van der Waals surface area contributed by atoms with Crippen molar-refractivity contribution in [3.05, 3.63) is 65.5 Å². The van der Waals surface area contributed by atoms with Gasteiger partial charge in [-0.15, -0.1) is 0 Å². The number of hydrogen-bond acceptors (Lipinski definition) is 2. The summed E-state index contributed by atoms with van der Waals surface area (Å²) >= 11 is 0. The zero-order valence-electron chi connectivity index (χ0n) is 14.2. The Kier molecular flexibility index (Phi) is 7.08. The number of nitrogens with zero attached hydrogens (tertiary/aromatic N) is 1. The number of halogens is 1. The molecule has 3 heteroatoms. The maximum Gasteiger partial charge on any atom is 0.123 e. The minimum absolute atomic E-state index is 0.161. The first-order valence-corrected chi connectivity index (χ1v) is 8.44. The van der Waals surface area contributed by atoms with Gasteiger partial charge in [0, 0.05) is 19.3 Å². The summed E-state index contributed by atoms with van der Waals surface area (Å²) in [6.45, 7) is 5.38. The smallest absolute Gasteiger partial charge is 0.123 e. The van der Waals surface area contributed by atoms with Crippen LogP contribution in [0.1, 0.15) is 30.9 Å². The van der Waals surface area contributed by atoms with E-state index >= 15 is 0 Å². The van der Waals surface area contributed by atoms with Crippen molar-refractivity contribution in [2.45, 2.75) is 32.7 Å². The minimum atomic E-state index is -0.161. The van der Waals surface area contributed by atoms with Gasteiger partial charge in [0.1, 0.15) is 5.82 Å². The molecule has 124 valence electrons. The average molecular weight is 314 g/mol. The van der Waals surface area contributed by atoms with E-state index in [2.05, 4.69) is 41.4 Å². The highest BCUT2D eigenvalue weighted by Crippen LogP contribution is 2.12. The molecule has 0 spiro atoms. The molecule has 0 atom stereocenters. The molecule has 2 nitrogen and oxygen atoms in total. The third-order valence-electron chi connectivity index (χ3n) is 4.04. The molecule has 0 aliphatic rings. The van der Waals surface area contributed by atoms with Crippen LogP contribution in [0.2, 0.25) is 0 Å². The fourth-order valence-electron chi connectivity index (χ4n) is 2.78. The lowest BCUT2D eigenvalue weighted by Crippen LogP contribution is -2.25. The fourth-order valence-corrected chi connectivity index (χ4v) is 2.78. The second kappa shape index (κ2) is 9.31. The summed E-state index contributed by atoms with van der Waals surface area (Å²) < 4.78 is 12.9. The molecule has 0 bridgehead atoms. The van der Waals surface area contributed by atoms with Crippen LogP contribution in [0, 0.1) is 5.82 Å². The predicted molar refractivity (Wildman–Crippen MR) is 96.3 cm³/mol. The second-order valence-electron chi connectivity index (χ2n) is 5.95. The molecule has 23 heavy (non-hydrogen) atoms. The lowest BCUT2D eigenvalue weighted by molar-refractivity contribution is 0.262. The monoisotopic (exact) mass is 314 g/mol. The number of nitrogens with one attached hydrogen (secondary N) is 1. The molecule has 0 fully saturated rings. The summed E-state index contributed by atoms with van der Waals surface area (Å²) in [5, 5.41) is 3.15. The van der Waals surface area contributed by atoms with Gasteiger partial charge >= 0.3 is 0 Å². The Morgan fingerprint density at radius 1 is 0.913 bits per heavy atom. The molecule has 2 aromatic rings. The van der Waals surface area contributed by atoms with Crippen molar-refractivity contribution in [1.82, 2.24) is 4.90 Å². The molecule has 0 unspecified atom stereocenters. The molecule has 0 radical (unpaired) electrons. The topological polar surface area (TPSA) is 15.3 Å². The Hall–Kier alpha value is -1.87. The average Bonchev–Trinajstić information content (AvgIpc) is 2.57. The molecule has 0 saturated heterocycles. The van der Waals surface area contributed by atoms with E-state index in [0.717, 1.165) is 44.6 Å². The Labute approximate surface area is 139 Å². The van der Waals surface area contributed by atoms with Gasteiger partial charge in [-0.1, -0.05) is 31.2 Å². The lowest BCUT2D eigenvalue weighted by atomic mass is 10.1. The largest absolute Gasteiger partial charge is 0.388 e. The Balaban J connectivity index is 1.83. The third-order valence-corrected chi connectivity index (χ3v) is 4.04. The van der Waals surface area contributed by atoms with Gasteiger partial charge in [-0.3, -0.25) is 4.90 Å². The summed E-state index contributed by atoms with van der Waals surface area (Å²) in [5.74, 6) is -0.161. The Bertz CT molecular complexity index is 563. The summed E-state index contributed by atoms with van der Waals surface area (Å²) in [7, 11) is 1.94. The van der Waals surface area contributed by atoms with Gasteiger partial charge in [0.25, 0.3) is 0 Å². The van der Waals surface area contributed by atoms with Crippen molar-refractivity contribution in [2.75, 3.05) is 25.5 Å². The van der Waals surface area contributed by atoms with Gasteiger partial charge in [0.15, 0.2) is 0 Å². The number of hydrogen-bond donors (Lipinski definition) is 1. The summed E-state index contributed by atoms with van der Waals surface area (Å²) in [6, 6.07) is 15.5. The second-order valence-corrected chi connectivity index (χ2v) is 5.95. The standard InChI is InChI=1S/C20H27FN2/c1-3-14-23(16-18-8-12-20(22-2)13-9-18)15-4-5-17-6-10-19(21)11-7-17/h6-13,22H,3-5,14-16H2,1-2H3. The van der Waals surface area contributed by atoms with Crippen molar-refractivity contribution in [1.29, 1.82) is 0 Å². The van der Waals surface area contributed by atoms with E-state index in [9.17, 15) is 4.39 Å². The molecule has 0 aromatic heterocycles. The van der Waals surface area contributed by atoms with Gasteiger partial charge in [0.2, 0.25) is 0 Å². The molecule has 0 saturated carbocycles. The van der Waals surface area contributed by atoms with Crippen LogP contribution >= 0.6 is 0 Å². The predicted octanol–water partition coefficient (Wildman–Crippen LogP) is 4.71. The van der Waals surface area contributed by atoms with E-state index in [0.29, 0.717) is 0 Å². The first-order chi connectivity index (χ1) is 11.2. The molecule has 2 aromatic carbocycles. The fraction of sp³-hybridized carbons (Fsp3) is 0.400. The van der Waals surface area contributed by atoms with Gasteiger partial charge in [0.05, 0.1) is 0 Å². The maximum atomic E-state index is 12.9. The van der Waals surface area contributed by atoms with Crippen molar-refractivity contribution >= 4 is 5.69 Å². The van der Waals surface area contributed by atoms with Crippen molar-refractivity contribution in [2.24, 2.45) is 0 Å². The summed E-state index contributed by atoms with van der Waals surface area (Å²) in [6.07, 6.45) is 3.25. The first-order valence-electron chi connectivity index (χ1n) is 8.44. The van der Waals surface area contributed by atoms with E-state index < -0.39 is 0 Å². The van der Waals surface area contributed by atoms with Crippen LogP contribution in [0.3, 0.4) is 0 Å².